The molecule has 4 aromatic rings. The van der Waals surface area contributed by atoms with Gasteiger partial charge in [0.15, 0.2) is 10.1 Å². The van der Waals surface area contributed by atoms with E-state index in [1.165, 1.54) is 47.4 Å². The van der Waals surface area contributed by atoms with E-state index in [0.29, 0.717) is 15.1 Å². The number of nitrogens with one attached hydrogen (secondary N) is 1. The van der Waals surface area contributed by atoms with Gasteiger partial charge in [-0.1, -0.05) is 68.8 Å². The second-order valence-corrected chi connectivity index (χ2v) is 11.7. The third-order valence-electron chi connectivity index (χ3n) is 4.13. The maximum absolute atomic E-state index is 12.7. The number of thioether (sulfide) groups is 1. The third-order valence-corrected chi connectivity index (χ3v) is 8.69. The summed E-state index contributed by atoms with van der Waals surface area (Å²) in [7, 11) is -3.88. The number of anilines is 1. The number of hydrogen-bond donors (Lipinski definition) is 1. The Hall–Kier alpha value is -2.18. The van der Waals surface area contributed by atoms with E-state index < -0.39 is 15.7 Å². The van der Waals surface area contributed by atoms with Crippen molar-refractivity contribution in [2.75, 3.05) is 5.32 Å². The summed E-state index contributed by atoms with van der Waals surface area (Å²) in [5.74, 6) is -0.167. The molecule has 0 aliphatic rings. The van der Waals surface area contributed by atoms with Crippen molar-refractivity contribution in [3.63, 3.8) is 0 Å². The summed E-state index contributed by atoms with van der Waals surface area (Å²) in [6, 6.07) is 16.2. The monoisotopic (exact) mass is 569 g/mol. The molecule has 0 atom stereocenters. The molecule has 1 N–H and O–H groups in total. The minimum Gasteiger partial charge on any atom is -0.439 e. The highest BCUT2D eigenvalue weighted by Gasteiger charge is 2.24. The number of carbonyl (C=O) groups excluding carboxylic acids is 1. The third kappa shape index (κ3) is 5.24. The first-order chi connectivity index (χ1) is 15.3. The molecule has 32 heavy (non-hydrogen) atoms. The number of amides is 1. The predicted octanol–water partition coefficient (Wildman–Crippen LogP) is 5.92. The normalized spacial score (nSPS) is 11.4. The van der Waals surface area contributed by atoms with E-state index in [9.17, 15) is 13.2 Å². The van der Waals surface area contributed by atoms with E-state index in [4.69, 9.17) is 16.0 Å². The lowest BCUT2D eigenvalue weighted by Gasteiger charge is -2.01. The van der Waals surface area contributed by atoms with Crippen LogP contribution in [0.5, 0.6) is 0 Å². The molecule has 2 heterocycles. The number of hydrogen-bond acceptors (Lipinski definition) is 8. The molecule has 7 nitrogen and oxygen atoms in total. The maximum atomic E-state index is 12.7. The van der Waals surface area contributed by atoms with Gasteiger partial charge in [-0.25, -0.2) is 8.42 Å². The maximum Gasteiger partial charge on any atom is 0.293 e. The second-order valence-electron chi connectivity index (χ2n) is 6.28. The van der Waals surface area contributed by atoms with Crippen LogP contribution in [0.15, 0.2) is 83.9 Å². The van der Waals surface area contributed by atoms with Crippen LogP contribution >= 0.6 is 50.6 Å². The van der Waals surface area contributed by atoms with Crippen LogP contribution in [0.2, 0.25) is 5.02 Å². The molecule has 0 saturated carbocycles. The van der Waals surface area contributed by atoms with Crippen LogP contribution in [0.3, 0.4) is 0 Å². The van der Waals surface area contributed by atoms with Crippen molar-refractivity contribution in [1.82, 2.24) is 10.2 Å². The summed E-state index contributed by atoms with van der Waals surface area (Å²) in [5, 5.41) is 11.2. The summed E-state index contributed by atoms with van der Waals surface area (Å²) in [6.45, 7) is 0. The lowest BCUT2D eigenvalue weighted by atomic mass is 10.2. The Balaban J connectivity index is 1.41. The molecule has 0 aliphatic carbocycles. The van der Waals surface area contributed by atoms with Crippen molar-refractivity contribution in [3.05, 3.63) is 81.5 Å². The molecule has 2 aromatic heterocycles. The number of aromatic nitrogens is 2. The molecular formula is C20H13BrClN3O4S3. The van der Waals surface area contributed by atoms with Gasteiger partial charge in [-0.15, -0.1) is 10.2 Å². The highest BCUT2D eigenvalue weighted by Crippen LogP contribution is 2.31. The van der Waals surface area contributed by atoms with Crippen molar-refractivity contribution in [2.45, 2.75) is 20.1 Å². The van der Waals surface area contributed by atoms with Crippen molar-refractivity contribution >= 4 is 71.5 Å². The van der Waals surface area contributed by atoms with Crippen molar-refractivity contribution in [1.29, 1.82) is 0 Å². The zero-order valence-electron chi connectivity index (χ0n) is 16.0. The smallest absolute Gasteiger partial charge is 0.293 e. The van der Waals surface area contributed by atoms with Crippen LogP contribution in [0.1, 0.15) is 16.1 Å². The average Bonchev–Trinajstić information content (AvgIpc) is 3.44. The van der Waals surface area contributed by atoms with Crippen LogP contribution in [-0.2, 0) is 15.6 Å². The molecule has 0 aliphatic heterocycles. The summed E-state index contributed by atoms with van der Waals surface area (Å²) >= 11 is 12.0. The number of carbonyl (C=O) groups is 1. The van der Waals surface area contributed by atoms with Gasteiger partial charge in [0, 0.05) is 15.2 Å². The molecule has 12 heteroatoms. The van der Waals surface area contributed by atoms with Crippen molar-refractivity contribution in [3.8, 4) is 0 Å². The van der Waals surface area contributed by atoms with Crippen LogP contribution in [-0.4, -0.2) is 24.5 Å². The Morgan fingerprint density at radius 1 is 1.09 bits per heavy atom. The molecule has 2 aromatic carbocycles. The van der Waals surface area contributed by atoms with Gasteiger partial charge in [0.1, 0.15) is 0 Å². The first kappa shape index (κ1) is 23.0. The molecule has 1 amide bonds. The van der Waals surface area contributed by atoms with Gasteiger partial charge < -0.3 is 4.42 Å². The topological polar surface area (TPSA) is 102 Å². The fourth-order valence-electron chi connectivity index (χ4n) is 2.55. The molecule has 4 rings (SSSR count). The molecule has 0 spiro atoms. The Morgan fingerprint density at radius 2 is 1.84 bits per heavy atom. The Bertz CT molecular complexity index is 1370. The predicted molar refractivity (Wildman–Crippen MR) is 127 cm³/mol. The number of nitrogens with zero attached hydrogens (tertiary/aromatic N) is 2. The first-order valence-corrected chi connectivity index (χ1v) is 13.4. The quantitative estimate of drug-likeness (QED) is 0.217. The number of halogens is 2. The first-order valence-electron chi connectivity index (χ1n) is 8.94. The van der Waals surface area contributed by atoms with Crippen LogP contribution in [0.25, 0.3) is 0 Å². The van der Waals surface area contributed by atoms with Crippen LogP contribution < -0.4 is 5.32 Å². The summed E-state index contributed by atoms with van der Waals surface area (Å²) < 4.78 is 32.1. The number of rotatable bonds is 7. The number of furan rings is 1. The summed E-state index contributed by atoms with van der Waals surface area (Å²) in [5.41, 5.74) is 0.968. The highest BCUT2D eigenvalue weighted by molar-refractivity contribution is 9.10. The summed E-state index contributed by atoms with van der Waals surface area (Å²) in [6.07, 6.45) is 0. The molecular weight excluding hydrogens is 558 g/mol. The summed E-state index contributed by atoms with van der Waals surface area (Å²) in [4.78, 5) is 12.5. The molecule has 0 fully saturated rings. The zero-order valence-corrected chi connectivity index (χ0v) is 20.8. The minimum absolute atomic E-state index is 0.0614. The minimum atomic E-state index is -3.88. The molecule has 164 valence electrons. The lowest BCUT2D eigenvalue weighted by Crippen LogP contribution is -2.10. The Morgan fingerprint density at radius 3 is 2.59 bits per heavy atom. The number of sulfone groups is 1. The number of benzene rings is 2. The van der Waals surface area contributed by atoms with Gasteiger partial charge in [0.05, 0.1) is 4.90 Å². The zero-order chi connectivity index (χ0) is 22.7. The van der Waals surface area contributed by atoms with Gasteiger partial charge in [-0.05, 0) is 48.0 Å². The molecule has 0 radical (unpaired) electrons. The van der Waals surface area contributed by atoms with E-state index in [1.54, 1.807) is 12.1 Å². The second kappa shape index (κ2) is 9.75. The lowest BCUT2D eigenvalue weighted by molar-refractivity contribution is 0.0991. The fourth-order valence-corrected chi connectivity index (χ4v) is 6.02. The molecule has 0 saturated heterocycles. The van der Waals surface area contributed by atoms with E-state index in [1.807, 2.05) is 24.3 Å². The van der Waals surface area contributed by atoms with Crippen molar-refractivity contribution in [2.24, 2.45) is 0 Å². The van der Waals surface area contributed by atoms with Crippen LogP contribution in [0.4, 0.5) is 5.13 Å². The van der Waals surface area contributed by atoms with E-state index in [2.05, 4.69) is 31.4 Å². The standard InChI is InChI=1S/C20H13BrClN3O4S3/c21-13-5-7-14(8-6-13)32(27,28)17-10-9-16(29-17)18(26)23-19-24-25-20(31-19)30-11-12-3-1-2-4-15(12)22/h1-10H,11H2,(H,23,24,26). The highest BCUT2D eigenvalue weighted by atomic mass is 79.9. The average molecular weight is 571 g/mol. The van der Waals surface area contributed by atoms with Gasteiger partial charge >= 0.3 is 0 Å². The SMILES string of the molecule is O=C(Nc1nnc(SCc2ccccc2Cl)s1)c1ccc(S(=O)(=O)c2ccc(Br)cc2)o1. The van der Waals surface area contributed by atoms with Gasteiger partial charge in [0.25, 0.3) is 5.91 Å². The van der Waals surface area contributed by atoms with Crippen LogP contribution in [0, 0.1) is 0 Å². The van der Waals surface area contributed by atoms with Gasteiger partial charge in [-0.2, -0.15) is 0 Å². The largest absolute Gasteiger partial charge is 0.439 e. The fraction of sp³-hybridized carbons (Fsp3) is 0.0500. The van der Waals surface area contributed by atoms with Crippen molar-refractivity contribution < 1.29 is 17.6 Å². The van der Waals surface area contributed by atoms with Gasteiger partial charge in [0.2, 0.25) is 20.1 Å². The Labute approximate surface area is 205 Å². The molecule has 0 unspecified atom stereocenters. The van der Waals surface area contributed by atoms with E-state index >= 15 is 0 Å². The van der Waals surface area contributed by atoms with E-state index in [0.717, 1.165) is 10.0 Å². The Kier molecular flexibility index (Phi) is 7.01. The van der Waals surface area contributed by atoms with E-state index in [-0.39, 0.29) is 20.9 Å². The molecule has 0 bridgehead atoms. The van der Waals surface area contributed by atoms with Gasteiger partial charge in [-0.3, -0.25) is 10.1 Å².